The lowest BCUT2D eigenvalue weighted by molar-refractivity contribution is -0.0442. The summed E-state index contributed by atoms with van der Waals surface area (Å²) in [5.41, 5.74) is 5.57. The van der Waals surface area contributed by atoms with E-state index in [0.29, 0.717) is 6.54 Å². The van der Waals surface area contributed by atoms with E-state index in [2.05, 4.69) is 20.8 Å². The van der Waals surface area contributed by atoms with Crippen molar-refractivity contribution in [3.8, 4) is 0 Å². The topological polar surface area (TPSA) is 35.2 Å². The molecule has 0 amide bonds. The van der Waals surface area contributed by atoms with Gasteiger partial charge in [-0.1, -0.05) is 20.8 Å². The molecule has 0 aromatic heterocycles. The Morgan fingerprint density at radius 1 is 1.09 bits per heavy atom. The minimum atomic E-state index is -0.173. The van der Waals surface area contributed by atoms with Crippen LogP contribution in [0.3, 0.4) is 0 Å². The zero-order chi connectivity index (χ0) is 9.12. The maximum Gasteiger partial charge on any atom is 0.0748 e. The Kier molecular flexibility index (Phi) is 3.52. The third-order valence-electron chi connectivity index (χ3n) is 1.39. The molecular formula is C9H21NO. The molecule has 0 atom stereocenters. The van der Waals surface area contributed by atoms with Crippen LogP contribution in [0, 0.1) is 5.41 Å². The van der Waals surface area contributed by atoms with E-state index in [9.17, 15) is 0 Å². The quantitative estimate of drug-likeness (QED) is 0.681. The van der Waals surface area contributed by atoms with Crippen LogP contribution in [0.2, 0.25) is 0 Å². The predicted octanol–water partition coefficient (Wildman–Crippen LogP) is 1.79. The first-order valence-corrected chi connectivity index (χ1v) is 4.11. The Bertz CT molecular complexity index is 113. The Hall–Kier alpha value is -0.0800. The van der Waals surface area contributed by atoms with Crippen LogP contribution in [-0.4, -0.2) is 18.8 Å². The number of hydrogen-bond acceptors (Lipinski definition) is 2. The third kappa shape index (κ3) is 6.32. The summed E-state index contributed by atoms with van der Waals surface area (Å²) in [7, 11) is 0. The van der Waals surface area contributed by atoms with Gasteiger partial charge in [0.25, 0.3) is 0 Å². The van der Waals surface area contributed by atoms with Gasteiger partial charge in [0.05, 0.1) is 12.2 Å². The summed E-state index contributed by atoms with van der Waals surface area (Å²) < 4.78 is 5.62. The molecule has 2 nitrogen and oxygen atoms in total. The maximum atomic E-state index is 5.62. The molecule has 0 saturated heterocycles. The van der Waals surface area contributed by atoms with Crippen molar-refractivity contribution in [1.82, 2.24) is 0 Å². The van der Waals surface area contributed by atoms with Crippen molar-refractivity contribution in [1.29, 1.82) is 0 Å². The Morgan fingerprint density at radius 2 is 1.55 bits per heavy atom. The van der Waals surface area contributed by atoms with Crippen LogP contribution in [0.15, 0.2) is 0 Å². The SMILES string of the molecule is CC(C)(C)COC(C)(C)CN. The second kappa shape index (κ2) is 3.55. The molecule has 0 aliphatic rings. The van der Waals surface area contributed by atoms with Crippen molar-refractivity contribution in [3.63, 3.8) is 0 Å². The molecule has 0 aliphatic carbocycles. The Balaban J connectivity index is 3.70. The zero-order valence-corrected chi connectivity index (χ0v) is 8.40. The van der Waals surface area contributed by atoms with Gasteiger partial charge in [-0.05, 0) is 19.3 Å². The van der Waals surface area contributed by atoms with Crippen molar-refractivity contribution < 1.29 is 4.74 Å². The largest absolute Gasteiger partial charge is 0.374 e. The van der Waals surface area contributed by atoms with Crippen LogP contribution in [-0.2, 0) is 4.74 Å². The molecule has 11 heavy (non-hydrogen) atoms. The summed E-state index contributed by atoms with van der Waals surface area (Å²) in [6.45, 7) is 11.8. The Labute approximate surface area is 70.1 Å². The van der Waals surface area contributed by atoms with Crippen LogP contribution in [0.5, 0.6) is 0 Å². The van der Waals surface area contributed by atoms with Crippen LogP contribution >= 0.6 is 0 Å². The fourth-order valence-corrected chi connectivity index (χ4v) is 0.471. The van der Waals surface area contributed by atoms with Gasteiger partial charge in [0, 0.05) is 6.54 Å². The van der Waals surface area contributed by atoms with Crippen LogP contribution in [0.4, 0.5) is 0 Å². The molecule has 2 N–H and O–H groups in total. The average Bonchev–Trinajstić information content (AvgIpc) is 1.83. The van der Waals surface area contributed by atoms with Crippen molar-refractivity contribution in [3.05, 3.63) is 0 Å². The molecule has 0 radical (unpaired) electrons. The maximum absolute atomic E-state index is 5.62. The summed E-state index contributed by atoms with van der Waals surface area (Å²) in [6.07, 6.45) is 0. The summed E-state index contributed by atoms with van der Waals surface area (Å²) in [5.74, 6) is 0. The van der Waals surface area contributed by atoms with Crippen molar-refractivity contribution in [2.24, 2.45) is 11.1 Å². The van der Waals surface area contributed by atoms with Gasteiger partial charge in [-0.3, -0.25) is 0 Å². The summed E-state index contributed by atoms with van der Waals surface area (Å²) >= 11 is 0. The molecule has 0 aromatic carbocycles. The van der Waals surface area contributed by atoms with Gasteiger partial charge >= 0.3 is 0 Å². The molecule has 0 spiro atoms. The normalized spacial score (nSPS) is 13.6. The standard InChI is InChI=1S/C9H21NO/c1-8(2,3)7-11-9(4,5)6-10/h6-7,10H2,1-5H3. The smallest absolute Gasteiger partial charge is 0.0748 e. The number of rotatable bonds is 3. The highest BCUT2D eigenvalue weighted by atomic mass is 16.5. The van der Waals surface area contributed by atoms with Crippen molar-refractivity contribution in [2.75, 3.05) is 13.2 Å². The van der Waals surface area contributed by atoms with E-state index in [1.807, 2.05) is 13.8 Å². The molecule has 0 aliphatic heterocycles. The van der Waals surface area contributed by atoms with E-state index in [-0.39, 0.29) is 11.0 Å². The van der Waals surface area contributed by atoms with Crippen molar-refractivity contribution >= 4 is 0 Å². The third-order valence-corrected chi connectivity index (χ3v) is 1.39. The second-order valence-corrected chi connectivity index (χ2v) is 4.81. The first-order chi connectivity index (χ1) is 4.77. The molecule has 0 fully saturated rings. The van der Waals surface area contributed by atoms with E-state index in [4.69, 9.17) is 10.5 Å². The number of nitrogens with two attached hydrogens (primary N) is 1. The van der Waals surface area contributed by atoms with Gasteiger partial charge in [-0.25, -0.2) is 0 Å². The zero-order valence-electron chi connectivity index (χ0n) is 8.40. The van der Waals surface area contributed by atoms with Gasteiger partial charge in [0.1, 0.15) is 0 Å². The molecule has 68 valence electrons. The van der Waals surface area contributed by atoms with Crippen LogP contribution in [0.25, 0.3) is 0 Å². The van der Waals surface area contributed by atoms with E-state index < -0.39 is 0 Å². The first-order valence-electron chi connectivity index (χ1n) is 4.11. The summed E-state index contributed by atoms with van der Waals surface area (Å²) in [4.78, 5) is 0. The van der Waals surface area contributed by atoms with E-state index in [1.165, 1.54) is 0 Å². The van der Waals surface area contributed by atoms with E-state index in [1.54, 1.807) is 0 Å². The fourth-order valence-electron chi connectivity index (χ4n) is 0.471. The lowest BCUT2D eigenvalue weighted by Gasteiger charge is -2.28. The minimum absolute atomic E-state index is 0.173. The number of ether oxygens (including phenoxy) is 1. The van der Waals surface area contributed by atoms with Gasteiger partial charge < -0.3 is 10.5 Å². The van der Waals surface area contributed by atoms with Gasteiger partial charge in [-0.2, -0.15) is 0 Å². The molecule has 0 unspecified atom stereocenters. The lowest BCUT2D eigenvalue weighted by Crippen LogP contribution is -2.36. The monoisotopic (exact) mass is 159 g/mol. The van der Waals surface area contributed by atoms with Gasteiger partial charge in [-0.15, -0.1) is 0 Å². The van der Waals surface area contributed by atoms with Crippen LogP contribution < -0.4 is 5.73 Å². The van der Waals surface area contributed by atoms with Crippen molar-refractivity contribution in [2.45, 2.75) is 40.2 Å². The van der Waals surface area contributed by atoms with E-state index in [0.717, 1.165) is 6.61 Å². The molecule has 0 aromatic rings. The molecular weight excluding hydrogens is 138 g/mol. The summed E-state index contributed by atoms with van der Waals surface area (Å²) in [5, 5.41) is 0. The summed E-state index contributed by atoms with van der Waals surface area (Å²) in [6, 6.07) is 0. The fraction of sp³-hybridized carbons (Fsp3) is 1.00. The van der Waals surface area contributed by atoms with Gasteiger partial charge in [0.15, 0.2) is 0 Å². The number of hydrogen-bond donors (Lipinski definition) is 1. The lowest BCUT2D eigenvalue weighted by atomic mass is 9.98. The molecule has 2 heteroatoms. The van der Waals surface area contributed by atoms with Crippen LogP contribution in [0.1, 0.15) is 34.6 Å². The highest BCUT2D eigenvalue weighted by Gasteiger charge is 2.19. The Morgan fingerprint density at radius 3 is 1.82 bits per heavy atom. The molecule has 0 heterocycles. The second-order valence-electron chi connectivity index (χ2n) is 4.81. The van der Waals surface area contributed by atoms with Gasteiger partial charge in [0.2, 0.25) is 0 Å². The average molecular weight is 159 g/mol. The van der Waals surface area contributed by atoms with E-state index >= 15 is 0 Å². The molecule has 0 rings (SSSR count). The highest BCUT2D eigenvalue weighted by molar-refractivity contribution is 4.71. The highest BCUT2D eigenvalue weighted by Crippen LogP contribution is 2.17. The molecule has 0 bridgehead atoms. The minimum Gasteiger partial charge on any atom is -0.374 e. The first kappa shape index (κ1) is 10.9. The predicted molar refractivity (Wildman–Crippen MR) is 48.5 cm³/mol. The molecule has 0 saturated carbocycles.